The Labute approximate surface area is 89.4 Å². The quantitative estimate of drug-likeness (QED) is 0.859. The van der Waals surface area contributed by atoms with E-state index in [1.807, 2.05) is 0 Å². The first-order valence-corrected chi connectivity index (χ1v) is 6.35. The molecule has 0 spiro atoms. The highest BCUT2D eigenvalue weighted by atomic mass is 32.2. The fourth-order valence-electron chi connectivity index (χ4n) is 1.49. The summed E-state index contributed by atoms with van der Waals surface area (Å²) < 4.78 is 38.0. The lowest BCUT2D eigenvalue weighted by Crippen LogP contribution is -2.40. The number of rotatable bonds is 3. The molecule has 0 fully saturated rings. The van der Waals surface area contributed by atoms with Crippen LogP contribution in [0.5, 0.6) is 0 Å². The molecule has 0 atom stereocenters. The minimum Gasteiger partial charge on any atom is -0.213 e. The van der Waals surface area contributed by atoms with Gasteiger partial charge in [0.05, 0.1) is 11.8 Å². The fourth-order valence-corrected chi connectivity index (χ4v) is 2.52. The van der Waals surface area contributed by atoms with E-state index in [0.717, 1.165) is 6.26 Å². The van der Waals surface area contributed by atoms with Gasteiger partial charge in [0.1, 0.15) is 5.82 Å². The Hall–Kier alpha value is -0.940. The maximum atomic E-state index is 13.4. The average molecular weight is 231 g/mol. The molecule has 1 N–H and O–H groups in total. The molecule has 0 aliphatic carbocycles. The number of halogens is 1. The van der Waals surface area contributed by atoms with Crippen molar-refractivity contribution >= 4 is 10.0 Å². The van der Waals surface area contributed by atoms with Gasteiger partial charge in [0.25, 0.3) is 0 Å². The zero-order valence-corrected chi connectivity index (χ0v) is 9.73. The van der Waals surface area contributed by atoms with Crippen LogP contribution in [0.4, 0.5) is 4.39 Å². The van der Waals surface area contributed by atoms with Crippen LogP contribution >= 0.6 is 0 Å². The topological polar surface area (TPSA) is 46.2 Å². The molecule has 0 unspecified atom stereocenters. The van der Waals surface area contributed by atoms with E-state index in [1.54, 1.807) is 32.0 Å². The van der Waals surface area contributed by atoms with Crippen LogP contribution < -0.4 is 4.72 Å². The van der Waals surface area contributed by atoms with Crippen molar-refractivity contribution in [1.82, 2.24) is 4.72 Å². The summed E-state index contributed by atoms with van der Waals surface area (Å²) in [6.45, 7) is 3.24. The third-order valence-electron chi connectivity index (χ3n) is 1.99. The minimum absolute atomic E-state index is 0.329. The first-order chi connectivity index (χ1) is 6.72. The van der Waals surface area contributed by atoms with E-state index in [1.165, 1.54) is 6.07 Å². The summed E-state index contributed by atoms with van der Waals surface area (Å²) in [7, 11) is -3.36. The van der Waals surface area contributed by atoms with Gasteiger partial charge in [-0.25, -0.2) is 17.5 Å². The van der Waals surface area contributed by atoms with E-state index in [-0.39, 0.29) is 0 Å². The summed E-state index contributed by atoms with van der Waals surface area (Å²) in [4.78, 5) is 0. The van der Waals surface area contributed by atoms with Crippen LogP contribution in [-0.2, 0) is 15.6 Å². The van der Waals surface area contributed by atoms with Crippen LogP contribution in [0.2, 0.25) is 0 Å². The monoisotopic (exact) mass is 231 g/mol. The van der Waals surface area contributed by atoms with E-state index >= 15 is 0 Å². The number of hydrogen-bond donors (Lipinski definition) is 1. The SMILES string of the molecule is CC(C)(NS(C)(=O)=O)c1ccccc1F. The Kier molecular flexibility index (Phi) is 3.16. The summed E-state index contributed by atoms with van der Waals surface area (Å²) in [5.74, 6) is -0.418. The molecule has 0 saturated carbocycles. The van der Waals surface area contributed by atoms with Crippen molar-refractivity contribution < 1.29 is 12.8 Å². The normalized spacial score (nSPS) is 12.8. The summed E-state index contributed by atoms with van der Waals surface area (Å²) in [6.07, 6.45) is 1.05. The van der Waals surface area contributed by atoms with Crippen molar-refractivity contribution in [3.8, 4) is 0 Å². The predicted molar refractivity (Wildman–Crippen MR) is 57.4 cm³/mol. The van der Waals surface area contributed by atoms with E-state index in [0.29, 0.717) is 5.56 Å². The van der Waals surface area contributed by atoms with Crippen molar-refractivity contribution in [1.29, 1.82) is 0 Å². The van der Waals surface area contributed by atoms with Gasteiger partial charge in [-0.3, -0.25) is 0 Å². The molecule has 1 aromatic carbocycles. The second kappa shape index (κ2) is 3.90. The van der Waals surface area contributed by atoms with Crippen LogP contribution in [0.15, 0.2) is 24.3 Å². The van der Waals surface area contributed by atoms with Crippen molar-refractivity contribution in [3.05, 3.63) is 35.6 Å². The van der Waals surface area contributed by atoms with Gasteiger partial charge >= 0.3 is 0 Å². The lowest BCUT2D eigenvalue weighted by Gasteiger charge is -2.25. The molecule has 1 rings (SSSR count). The summed E-state index contributed by atoms with van der Waals surface area (Å²) in [5, 5.41) is 0. The Morgan fingerprint density at radius 1 is 1.27 bits per heavy atom. The maximum Gasteiger partial charge on any atom is 0.209 e. The van der Waals surface area contributed by atoms with E-state index in [2.05, 4.69) is 4.72 Å². The largest absolute Gasteiger partial charge is 0.213 e. The van der Waals surface area contributed by atoms with E-state index in [9.17, 15) is 12.8 Å². The summed E-state index contributed by atoms with van der Waals surface area (Å²) in [6, 6.07) is 6.11. The molecule has 0 bridgehead atoms. The molecular weight excluding hydrogens is 217 g/mol. The Bertz CT molecular complexity index is 454. The van der Waals surface area contributed by atoms with Crippen LogP contribution in [0.1, 0.15) is 19.4 Å². The third kappa shape index (κ3) is 3.28. The molecule has 0 saturated heterocycles. The lowest BCUT2D eigenvalue weighted by atomic mass is 9.95. The molecule has 0 aliphatic heterocycles. The highest BCUT2D eigenvalue weighted by Crippen LogP contribution is 2.23. The zero-order valence-electron chi connectivity index (χ0n) is 8.91. The smallest absolute Gasteiger partial charge is 0.209 e. The molecular formula is C10H14FNO2S. The molecule has 0 radical (unpaired) electrons. The van der Waals surface area contributed by atoms with Gasteiger partial charge in [-0.05, 0) is 19.9 Å². The second-order valence-electron chi connectivity index (χ2n) is 3.98. The molecule has 0 aliphatic rings. The number of nitrogens with one attached hydrogen (secondary N) is 1. The predicted octanol–water partition coefficient (Wildman–Crippen LogP) is 1.61. The van der Waals surface area contributed by atoms with Crippen LogP contribution in [0, 0.1) is 5.82 Å². The molecule has 84 valence electrons. The minimum atomic E-state index is -3.36. The highest BCUT2D eigenvalue weighted by Gasteiger charge is 2.26. The number of benzene rings is 1. The van der Waals surface area contributed by atoms with Gasteiger partial charge in [-0.2, -0.15) is 0 Å². The van der Waals surface area contributed by atoms with Crippen molar-refractivity contribution in [2.24, 2.45) is 0 Å². The second-order valence-corrected chi connectivity index (χ2v) is 5.73. The Morgan fingerprint density at radius 2 is 1.80 bits per heavy atom. The third-order valence-corrected chi connectivity index (χ3v) is 2.87. The molecule has 0 aromatic heterocycles. The van der Waals surface area contributed by atoms with Gasteiger partial charge in [0, 0.05) is 5.56 Å². The Balaban J connectivity index is 3.12. The molecule has 3 nitrogen and oxygen atoms in total. The molecule has 0 heterocycles. The zero-order chi connectivity index (χ0) is 11.7. The van der Waals surface area contributed by atoms with E-state index < -0.39 is 21.4 Å². The van der Waals surface area contributed by atoms with Crippen LogP contribution in [-0.4, -0.2) is 14.7 Å². The van der Waals surface area contributed by atoms with Gasteiger partial charge in [-0.15, -0.1) is 0 Å². The number of hydrogen-bond acceptors (Lipinski definition) is 2. The Morgan fingerprint density at radius 3 is 2.27 bits per heavy atom. The van der Waals surface area contributed by atoms with Crippen molar-refractivity contribution in [2.75, 3.05) is 6.26 Å². The number of sulfonamides is 1. The highest BCUT2D eigenvalue weighted by molar-refractivity contribution is 7.88. The first kappa shape index (κ1) is 12.1. The lowest BCUT2D eigenvalue weighted by molar-refractivity contribution is 0.449. The van der Waals surface area contributed by atoms with Gasteiger partial charge in [0.2, 0.25) is 10.0 Å². The molecule has 15 heavy (non-hydrogen) atoms. The molecule has 5 heteroatoms. The maximum absolute atomic E-state index is 13.4. The standard InChI is InChI=1S/C10H14FNO2S/c1-10(2,12-15(3,13)14)8-6-4-5-7-9(8)11/h4-7,12H,1-3H3. The van der Waals surface area contributed by atoms with Gasteiger partial charge in [-0.1, -0.05) is 18.2 Å². The van der Waals surface area contributed by atoms with Gasteiger partial charge < -0.3 is 0 Å². The van der Waals surface area contributed by atoms with Gasteiger partial charge in [0.15, 0.2) is 0 Å². The summed E-state index contributed by atoms with van der Waals surface area (Å²) in [5.41, 5.74) is -0.616. The first-order valence-electron chi connectivity index (χ1n) is 4.46. The van der Waals surface area contributed by atoms with Crippen LogP contribution in [0.25, 0.3) is 0 Å². The van der Waals surface area contributed by atoms with Crippen molar-refractivity contribution in [2.45, 2.75) is 19.4 Å². The van der Waals surface area contributed by atoms with Crippen molar-refractivity contribution in [3.63, 3.8) is 0 Å². The molecule has 0 amide bonds. The average Bonchev–Trinajstić information content (AvgIpc) is 1.99. The van der Waals surface area contributed by atoms with Crippen LogP contribution in [0.3, 0.4) is 0 Å². The fraction of sp³-hybridized carbons (Fsp3) is 0.400. The summed E-state index contributed by atoms with van der Waals surface area (Å²) >= 11 is 0. The van der Waals surface area contributed by atoms with E-state index in [4.69, 9.17) is 0 Å². The molecule has 1 aromatic rings.